The van der Waals surface area contributed by atoms with E-state index in [1.165, 1.54) is 41.8 Å². The monoisotopic (exact) mass is 510 g/mol. The number of fused-ring (bicyclic) bond motifs is 1. The number of amides is 1. The molecule has 10 heteroatoms. The van der Waals surface area contributed by atoms with E-state index >= 15 is 0 Å². The van der Waals surface area contributed by atoms with Gasteiger partial charge >= 0.3 is 0 Å². The Morgan fingerprint density at radius 3 is 2.69 bits per heavy atom. The summed E-state index contributed by atoms with van der Waals surface area (Å²) in [4.78, 5) is 28.5. The normalized spacial score (nSPS) is 11.1. The smallest absolute Gasteiger partial charge is 0.281 e. The van der Waals surface area contributed by atoms with Crippen LogP contribution in [0, 0.1) is 10.1 Å². The van der Waals surface area contributed by atoms with E-state index in [1.807, 2.05) is 30.3 Å². The largest absolute Gasteiger partial charge is 0.497 e. The summed E-state index contributed by atoms with van der Waals surface area (Å²) in [6.07, 6.45) is 1.54. The van der Waals surface area contributed by atoms with E-state index in [4.69, 9.17) is 4.74 Å². The second-order valence-electron chi connectivity index (χ2n) is 6.55. The molecular formula is C22H15BrN4O4S. The van der Waals surface area contributed by atoms with Gasteiger partial charge in [-0.25, -0.2) is 4.98 Å². The molecule has 1 aromatic heterocycles. The van der Waals surface area contributed by atoms with E-state index in [0.29, 0.717) is 16.4 Å². The summed E-state index contributed by atoms with van der Waals surface area (Å²) in [5.74, 6) is 0.135. The van der Waals surface area contributed by atoms with Crippen LogP contribution in [-0.4, -0.2) is 29.1 Å². The van der Waals surface area contributed by atoms with Crippen molar-refractivity contribution in [3.05, 3.63) is 92.4 Å². The van der Waals surface area contributed by atoms with E-state index in [9.17, 15) is 14.9 Å². The molecule has 4 aromatic rings. The molecule has 3 aromatic carbocycles. The Morgan fingerprint density at radius 2 is 1.97 bits per heavy atom. The number of nitrogens with zero attached hydrogens (tertiary/aromatic N) is 4. The van der Waals surface area contributed by atoms with Crippen LogP contribution in [0.15, 0.2) is 76.3 Å². The molecule has 1 amide bonds. The average molecular weight is 511 g/mol. The lowest BCUT2D eigenvalue weighted by Gasteiger charge is -2.13. The minimum absolute atomic E-state index is 0.129. The fourth-order valence-electron chi connectivity index (χ4n) is 2.85. The number of ether oxygens (including phenoxy) is 1. The molecule has 0 bridgehead atoms. The fourth-order valence-corrected chi connectivity index (χ4v) is 4.06. The quantitative estimate of drug-likeness (QED) is 0.189. The van der Waals surface area contributed by atoms with Gasteiger partial charge in [0.2, 0.25) is 5.13 Å². The molecule has 0 radical (unpaired) electrons. The van der Waals surface area contributed by atoms with E-state index in [1.54, 1.807) is 19.2 Å². The fraction of sp³-hybridized carbons (Fsp3) is 0.0455. The molecule has 0 aliphatic rings. The van der Waals surface area contributed by atoms with Gasteiger partial charge in [0.25, 0.3) is 11.6 Å². The SMILES string of the molecule is COc1ccc2nc(N(/N=C/c3ccc(Br)cc3)C(=O)c3cccc([N+](=O)[O-])c3)sc2c1. The molecule has 0 unspecified atom stereocenters. The summed E-state index contributed by atoms with van der Waals surface area (Å²) >= 11 is 4.65. The van der Waals surface area contributed by atoms with Crippen molar-refractivity contribution in [2.75, 3.05) is 12.1 Å². The summed E-state index contributed by atoms with van der Waals surface area (Å²) in [6, 6.07) is 18.3. The summed E-state index contributed by atoms with van der Waals surface area (Å²) in [5.41, 5.74) is 1.40. The first kappa shape index (κ1) is 21.6. The third-order valence-electron chi connectivity index (χ3n) is 4.45. The highest BCUT2D eigenvalue weighted by molar-refractivity contribution is 9.10. The van der Waals surface area contributed by atoms with Gasteiger partial charge in [0.15, 0.2) is 0 Å². The molecule has 0 aliphatic carbocycles. The zero-order chi connectivity index (χ0) is 22.7. The molecule has 160 valence electrons. The van der Waals surface area contributed by atoms with Gasteiger partial charge in [0.05, 0.1) is 28.5 Å². The highest BCUT2D eigenvalue weighted by Crippen LogP contribution is 2.32. The van der Waals surface area contributed by atoms with Crippen LogP contribution in [0.5, 0.6) is 5.75 Å². The van der Waals surface area contributed by atoms with Crippen molar-refractivity contribution in [3.8, 4) is 5.75 Å². The number of rotatable bonds is 6. The number of halogens is 1. The molecule has 0 spiro atoms. The Balaban J connectivity index is 1.77. The van der Waals surface area contributed by atoms with E-state index in [-0.39, 0.29) is 11.3 Å². The second-order valence-corrected chi connectivity index (χ2v) is 8.48. The number of hydrogen-bond donors (Lipinski definition) is 0. The van der Waals surface area contributed by atoms with Gasteiger partial charge < -0.3 is 4.74 Å². The van der Waals surface area contributed by atoms with Crippen LogP contribution in [0.4, 0.5) is 10.8 Å². The topological polar surface area (TPSA) is 97.9 Å². The maximum atomic E-state index is 13.3. The first-order chi connectivity index (χ1) is 15.4. The molecule has 4 rings (SSSR count). The lowest BCUT2D eigenvalue weighted by Crippen LogP contribution is -2.25. The number of anilines is 1. The molecule has 1 heterocycles. The van der Waals surface area contributed by atoms with Crippen LogP contribution in [0.3, 0.4) is 0 Å². The number of thiazole rings is 1. The molecule has 0 fully saturated rings. The van der Waals surface area contributed by atoms with Crippen molar-refractivity contribution in [2.24, 2.45) is 5.10 Å². The number of hydrogen-bond acceptors (Lipinski definition) is 7. The van der Waals surface area contributed by atoms with Gasteiger partial charge in [0.1, 0.15) is 5.75 Å². The predicted molar refractivity (Wildman–Crippen MR) is 128 cm³/mol. The van der Waals surface area contributed by atoms with Gasteiger partial charge in [-0.1, -0.05) is 45.5 Å². The Bertz CT molecular complexity index is 1340. The number of benzene rings is 3. The predicted octanol–water partition coefficient (Wildman–Crippen LogP) is 5.66. The molecule has 8 nitrogen and oxygen atoms in total. The highest BCUT2D eigenvalue weighted by Gasteiger charge is 2.23. The van der Waals surface area contributed by atoms with Crippen LogP contribution >= 0.6 is 27.3 Å². The van der Waals surface area contributed by atoms with Crippen molar-refractivity contribution in [3.63, 3.8) is 0 Å². The number of hydrazone groups is 1. The maximum absolute atomic E-state index is 13.3. The zero-order valence-electron chi connectivity index (χ0n) is 16.6. The number of carbonyl (C=O) groups excluding carboxylic acids is 1. The van der Waals surface area contributed by atoms with E-state index in [0.717, 1.165) is 19.7 Å². The first-order valence-electron chi connectivity index (χ1n) is 9.27. The summed E-state index contributed by atoms with van der Waals surface area (Å²) in [7, 11) is 1.57. The third kappa shape index (κ3) is 4.66. The van der Waals surface area contributed by atoms with E-state index in [2.05, 4.69) is 26.0 Å². The average Bonchev–Trinajstić information content (AvgIpc) is 3.23. The van der Waals surface area contributed by atoms with Crippen LogP contribution in [0.1, 0.15) is 15.9 Å². The van der Waals surface area contributed by atoms with Gasteiger partial charge in [-0.3, -0.25) is 14.9 Å². The maximum Gasteiger partial charge on any atom is 0.281 e. The van der Waals surface area contributed by atoms with Gasteiger partial charge in [-0.05, 0) is 42.0 Å². The second kappa shape index (κ2) is 9.25. The number of methoxy groups -OCH3 is 1. The zero-order valence-corrected chi connectivity index (χ0v) is 19.0. The molecular weight excluding hydrogens is 496 g/mol. The first-order valence-corrected chi connectivity index (χ1v) is 10.9. The molecule has 0 saturated heterocycles. The third-order valence-corrected chi connectivity index (χ3v) is 5.98. The lowest BCUT2D eigenvalue weighted by molar-refractivity contribution is -0.384. The van der Waals surface area contributed by atoms with Gasteiger partial charge in [-0.15, -0.1) is 0 Å². The summed E-state index contributed by atoms with van der Waals surface area (Å²) in [5, 5.41) is 17.0. The van der Waals surface area contributed by atoms with Crippen molar-refractivity contribution >= 4 is 60.4 Å². The van der Waals surface area contributed by atoms with Gasteiger partial charge in [-0.2, -0.15) is 10.1 Å². The van der Waals surface area contributed by atoms with Gasteiger partial charge in [0, 0.05) is 22.2 Å². The van der Waals surface area contributed by atoms with Crippen LogP contribution < -0.4 is 9.75 Å². The van der Waals surface area contributed by atoms with Crippen molar-refractivity contribution in [2.45, 2.75) is 0 Å². The highest BCUT2D eigenvalue weighted by atomic mass is 79.9. The Labute approximate surface area is 195 Å². The summed E-state index contributed by atoms with van der Waals surface area (Å²) in [6.45, 7) is 0. The lowest BCUT2D eigenvalue weighted by atomic mass is 10.2. The van der Waals surface area contributed by atoms with Crippen molar-refractivity contribution in [1.82, 2.24) is 4.98 Å². The Kier molecular flexibility index (Phi) is 6.24. The number of non-ortho nitro benzene ring substituents is 1. The number of aromatic nitrogens is 1. The number of nitro groups is 1. The molecule has 0 saturated carbocycles. The van der Waals surface area contributed by atoms with Crippen molar-refractivity contribution < 1.29 is 14.5 Å². The Morgan fingerprint density at radius 1 is 1.19 bits per heavy atom. The standard InChI is InChI=1S/C22H15BrN4O4S/c1-31-18-9-10-19-20(12-18)32-22(25-19)26(24-13-14-5-7-16(23)8-6-14)21(28)15-3-2-4-17(11-15)27(29)30/h2-13H,1H3/b24-13+. The molecule has 0 N–H and O–H groups in total. The van der Waals surface area contributed by atoms with Crippen LogP contribution in [-0.2, 0) is 0 Å². The van der Waals surface area contributed by atoms with Crippen LogP contribution in [0.2, 0.25) is 0 Å². The van der Waals surface area contributed by atoms with Crippen molar-refractivity contribution in [1.29, 1.82) is 0 Å². The number of nitro benzene ring substituents is 1. The summed E-state index contributed by atoms with van der Waals surface area (Å²) < 4.78 is 6.99. The number of carbonyl (C=O) groups is 1. The molecule has 0 atom stereocenters. The van der Waals surface area contributed by atoms with Crippen LogP contribution in [0.25, 0.3) is 10.2 Å². The van der Waals surface area contributed by atoms with E-state index < -0.39 is 10.8 Å². The molecule has 32 heavy (non-hydrogen) atoms. The minimum Gasteiger partial charge on any atom is -0.497 e. The molecule has 0 aliphatic heterocycles. The minimum atomic E-state index is -0.545. The Hall–Kier alpha value is -3.63.